The lowest BCUT2D eigenvalue weighted by Crippen LogP contribution is -2.20. The number of pyridine rings is 1. The summed E-state index contributed by atoms with van der Waals surface area (Å²) in [5.74, 6) is -1.40. The van der Waals surface area contributed by atoms with Gasteiger partial charge in [0.2, 0.25) is 0 Å². The van der Waals surface area contributed by atoms with Gasteiger partial charge in [-0.3, -0.25) is 4.98 Å². The molecule has 0 saturated carbocycles. The minimum Gasteiger partial charge on any atom is -0.479 e. The molecule has 2 aromatic rings. The summed E-state index contributed by atoms with van der Waals surface area (Å²) in [4.78, 5) is 15.1. The molecule has 5 heteroatoms. The Labute approximate surface area is 135 Å². The van der Waals surface area contributed by atoms with Crippen LogP contribution in [0.25, 0.3) is 10.9 Å². The second kappa shape index (κ2) is 6.24. The zero-order valence-electron chi connectivity index (χ0n) is 14.1. The number of rotatable bonds is 4. The van der Waals surface area contributed by atoms with Crippen molar-refractivity contribution >= 4 is 16.9 Å². The van der Waals surface area contributed by atoms with Crippen LogP contribution in [0, 0.1) is 12.7 Å². The molecule has 1 heterocycles. The molecule has 1 unspecified atom stereocenters. The predicted molar refractivity (Wildman–Crippen MR) is 87.0 cm³/mol. The van der Waals surface area contributed by atoms with Crippen LogP contribution in [0.3, 0.4) is 0 Å². The van der Waals surface area contributed by atoms with Gasteiger partial charge in [0.1, 0.15) is 11.3 Å². The van der Waals surface area contributed by atoms with E-state index < -0.39 is 12.1 Å². The minimum absolute atomic E-state index is 0.103. The Morgan fingerprint density at radius 1 is 1.39 bits per heavy atom. The zero-order valence-corrected chi connectivity index (χ0v) is 14.1. The van der Waals surface area contributed by atoms with Crippen molar-refractivity contribution in [2.45, 2.75) is 52.7 Å². The minimum atomic E-state index is -1.03. The van der Waals surface area contributed by atoms with Gasteiger partial charge in [-0.2, -0.15) is 0 Å². The molecule has 0 aliphatic rings. The molecular formula is C18H22FNO3. The molecule has 1 atom stereocenters. The van der Waals surface area contributed by atoms with Crippen LogP contribution < -0.4 is 0 Å². The lowest BCUT2D eigenvalue weighted by Gasteiger charge is -2.21. The van der Waals surface area contributed by atoms with Gasteiger partial charge in [0.15, 0.2) is 6.10 Å². The highest BCUT2D eigenvalue weighted by molar-refractivity contribution is 5.84. The topological polar surface area (TPSA) is 59.4 Å². The van der Waals surface area contributed by atoms with Crippen LogP contribution >= 0.6 is 0 Å². The highest BCUT2D eigenvalue weighted by Crippen LogP contribution is 2.30. The van der Waals surface area contributed by atoms with E-state index in [-0.39, 0.29) is 23.4 Å². The fourth-order valence-corrected chi connectivity index (χ4v) is 2.32. The van der Waals surface area contributed by atoms with Gasteiger partial charge in [0.05, 0.1) is 6.61 Å². The number of aromatic nitrogens is 1. The molecule has 0 aliphatic carbocycles. The Balaban J connectivity index is 2.56. The normalized spacial score (nSPS) is 13.3. The van der Waals surface area contributed by atoms with E-state index in [4.69, 9.17) is 9.84 Å². The van der Waals surface area contributed by atoms with Crippen molar-refractivity contribution in [2.24, 2.45) is 0 Å². The number of halogens is 1. The van der Waals surface area contributed by atoms with Crippen LogP contribution in [0.5, 0.6) is 0 Å². The molecule has 2 rings (SSSR count). The molecule has 23 heavy (non-hydrogen) atoms. The smallest absolute Gasteiger partial charge is 0.332 e. The first-order chi connectivity index (χ1) is 10.6. The van der Waals surface area contributed by atoms with Crippen molar-refractivity contribution in [2.75, 3.05) is 0 Å². The summed E-state index contributed by atoms with van der Waals surface area (Å²) in [6.07, 6.45) is 0.667. The van der Waals surface area contributed by atoms with Gasteiger partial charge in [0.25, 0.3) is 0 Å². The molecule has 124 valence electrons. The fourth-order valence-electron chi connectivity index (χ4n) is 2.32. The lowest BCUT2D eigenvalue weighted by molar-refractivity contribution is -0.149. The van der Waals surface area contributed by atoms with Crippen LogP contribution in [-0.4, -0.2) is 22.2 Å². The average molecular weight is 319 g/mol. The maximum absolute atomic E-state index is 14.4. The SMILES string of the molecule is Cc1cnc2c(F)cc(C(C)(C)C)cc2c1COC(C)C(=O)O. The molecule has 0 amide bonds. The average Bonchev–Trinajstić information content (AvgIpc) is 2.44. The van der Waals surface area contributed by atoms with Crippen LogP contribution in [0.1, 0.15) is 44.4 Å². The van der Waals surface area contributed by atoms with E-state index in [0.29, 0.717) is 5.39 Å². The van der Waals surface area contributed by atoms with E-state index >= 15 is 0 Å². The number of carboxylic acids is 1. The highest BCUT2D eigenvalue weighted by atomic mass is 19.1. The molecular weight excluding hydrogens is 297 g/mol. The summed E-state index contributed by atoms with van der Waals surface area (Å²) in [6.45, 7) is 9.48. The largest absolute Gasteiger partial charge is 0.479 e. The number of hydrogen-bond acceptors (Lipinski definition) is 3. The number of carbonyl (C=O) groups is 1. The third kappa shape index (κ3) is 3.67. The number of fused-ring (bicyclic) bond motifs is 1. The van der Waals surface area contributed by atoms with Crippen molar-refractivity contribution in [1.29, 1.82) is 0 Å². The second-order valence-electron chi connectivity index (χ2n) is 6.82. The molecule has 4 nitrogen and oxygen atoms in total. The maximum atomic E-state index is 14.4. The van der Waals surface area contributed by atoms with Crippen LogP contribution in [0.15, 0.2) is 18.3 Å². The van der Waals surface area contributed by atoms with Crippen molar-refractivity contribution in [3.05, 3.63) is 40.8 Å². The third-order valence-corrected chi connectivity index (χ3v) is 3.94. The monoisotopic (exact) mass is 319 g/mol. The number of aliphatic carboxylic acids is 1. The first kappa shape index (κ1) is 17.3. The van der Waals surface area contributed by atoms with Gasteiger partial charge in [-0.25, -0.2) is 9.18 Å². The number of aryl methyl sites for hydroxylation is 1. The van der Waals surface area contributed by atoms with Crippen LogP contribution in [0.4, 0.5) is 4.39 Å². The van der Waals surface area contributed by atoms with E-state index in [9.17, 15) is 9.18 Å². The molecule has 0 spiro atoms. The number of nitrogens with zero attached hydrogens (tertiary/aromatic N) is 1. The van der Waals surface area contributed by atoms with Gasteiger partial charge < -0.3 is 9.84 Å². The van der Waals surface area contributed by atoms with Gasteiger partial charge in [-0.05, 0) is 48.1 Å². The number of carboxylic acid groups (broad SMARTS) is 1. The number of hydrogen-bond donors (Lipinski definition) is 1. The standard InChI is InChI=1S/C18H22FNO3/c1-10-8-20-16-13(14(10)9-23-11(2)17(21)22)6-12(7-15(16)19)18(3,4)5/h6-8,11H,9H2,1-5H3,(H,21,22). The van der Waals surface area contributed by atoms with E-state index in [1.807, 2.05) is 33.8 Å². The summed E-state index contributed by atoms with van der Waals surface area (Å²) in [5, 5.41) is 9.61. The van der Waals surface area contributed by atoms with Crippen molar-refractivity contribution in [3.8, 4) is 0 Å². The lowest BCUT2D eigenvalue weighted by atomic mass is 9.85. The quantitative estimate of drug-likeness (QED) is 0.926. The molecule has 0 saturated heterocycles. The van der Waals surface area contributed by atoms with Crippen molar-refractivity contribution in [1.82, 2.24) is 4.98 Å². The maximum Gasteiger partial charge on any atom is 0.332 e. The van der Waals surface area contributed by atoms with Crippen molar-refractivity contribution in [3.63, 3.8) is 0 Å². The molecule has 0 bridgehead atoms. The van der Waals surface area contributed by atoms with E-state index in [1.165, 1.54) is 13.0 Å². The predicted octanol–water partition coefficient (Wildman–Crippen LogP) is 3.97. The van der Waals surface area contributed by atoms with E-state index in [0.717, 1.165) is 16.7 Å². The zero-order chi connectivity index (χ0) is 17.4. The van der Waals surface area contributed by atoms with Gasteiger partial charge in [0, 0.05) is 11.6 Å². The summed E-state index contributed by atoms with van der Waals surface area (Å²) in [7, 11) is 0. The highest BCUT2D eigenvalue weighted by Gasteiger charge is 2.20. The van der Waals surface area contributed by atoms with Crippen LogP contribution in [-0.2, 0) is 21.6 Å². The van der Waals surface area contributed by atoms with Crippen molar-refractivity contribution < 1.29 is 19.0 Å². The van der Waals surface area contributed by atoms with Gasteiger partial charge in [-0.15, -0.1) is 0 Å². The molecule has 0 fully saturated rings. The summed E-state index contributed by atoms with van der Waals surface area (Å²) < 4.78 is 19.8. The Hall–Kier alpha value is -2.01. The Bertz CT molecular complexity index is 750. The van der Waals surface area contributed by atoms with Gasteiger partial charge >= 0.3 is 5.97 Å². The Kier molecular flexibility index (Phi) is 4.71. The molecule has 1 aromatic carbocycles. The fraction of sp³-hybridized carbons (Fsp3) is 0.444. The van der Waals surface area contributed by atoms with E-state index in [2.05, 4.69) is 4.98 Å². The number of benzene rings is 1. The Morgan fingerprint density at radius 3 is 2.61 bits per heavy atom. The van der Waals surface area contributed by atoms with Gasteiger partial charge in [-0.1, -0.05) is 20.8 Å². The van der Waals surface area contributed by atoms with Crippen LogP contribution in [0.2, 0.25) is 0 Å². The first-order valence-corrected chi connectivity index (χ1v) is 7.54. The summed E-state index contributed by atoms with van der Waals surface area (Å²) in [6, 6.07) is 3.43. The molecule has 0 aliphatic heterocycles. The second-order valence-corrected chi connectivity index (χ2v) is 6.82. The summed E-state index contributed by atoms with van der Waals surface area (Å²) in [5.41, 5.74) is 2.56. The van der Waals surface area contributed by atoms with E-state index in [1.54, 1.807) is 6.20 Å². The summed E-state index contributed by atoms with van der Waals surface area (Å²) >= 11 is 0. The molecule has 1 aromatic heterocycles. The number of ether oxygens (including phenoxy) is 1. The Morgan fingerprint density at radius 2 is 2.04 bits per heavy atom. The molecule has 1 N–H and O–H groups in total. The molecule has 0 radical (unpaired) electrons. The third-order valence-electron chi connectivity index (χ3n) is 3.94. The first-order valence-electron chi connectivity index (χ1n) is 7.54.